The van der Waals surface area contributed by atoms with Gasteiger partial charge < -0.3 is 11.1 Å². The molecule has 0 heterocycles. The van der Waals surface area contributed by atoms with Gasteiger partial charge in [0.1, 0.15) is 0 Å². The van der Waals surface area contributed by atoms with E-state index in [4.69, 9.17) is 5.73 Å². The molecule has 1 unspecified atom stereocenters. The summed E-state index contributed by atoms with van der Waals surface area (Å²) >= 11 is 0. The van der Waals surface area contributed by atoms with Crippen LogP contribution in [0.25, 0.3) is 0 Å². The van der Waals surface area contributed by atoms with E-state index in [-0.39, 0.29) is 16.9 Å². The van der Waals surface area contributed by atoms with Crippen molar-refractivity contribution in [3.8, 4) is 0 Å². The van der Waals surface area contributed by atoms with Crippen molar-refractivity contribution < 1.29 is 4.79 Å². The molecule has 102 valence electrons. The quantitative estimate of drug-likeness (QED) is 0.805. The van der Waals surface area contributed by atoms with Crippen LogP contribution in [-0.4, -0.2) is 18.0 Å². The van der Waals surface area contributed by atoms with E-state index in [1.807, 2.05) is 0 Å². The lowest BCUT2D eigenvalue weighted by Gasteiger charge is -2.63. The highest BCUT2D eigenvalue weighted by Gasteiger charge is 2.58. The van der Waals surface area contributed by atoms with Crippen LogP contribution >= 0.6 is 0 Å². The lowest BCUT2D eigenvalue weighted by molar-refractivity contribution is -0.131. The average molecular weight is 250 g/mol. The van der Waals surface area contributed by atoms with Crippen molar-refractivity contribution in [1.82, 2.24) is 5.32 Å². The minimum atomic E-state index is -0.200. The van der Waals surface area contributed by atoms with Gasteiger partial charge in [-0.05, 0) is 68.6 Å². The fourth-order valence-electron chi connectivity index (χ4n) is 5.58. The second-order valence-corrected chi connectivity index (χ2v) is 7.42. The van der Waals surface area contributed by atoms with Crippen molar-refractivity contribution >= 4 is 5.91 Å². The Balaban J connectivity index is 1.91. The predicted molar refractivity (Wildman–Crippen MR) is 71.9 cm³/mol. The number of carbonyl (C=O) groups excluding carboxylic acids is 1. The standard InChI is InChI=1S/C15H26N2O/c1-10(18)17-14(2,9-16)15-6-11-3-12(7-15)5-13(4-11)8-15/h11-13H,3-9,16H2,1-2H3,(H,17,18). The highest BCUT2D eigenvalue weighted by molar-refractivity contribution is 5.74. The monoisotopic (exact) mass is 250 g/mol. The number of nitrogens with two attached hydrogens (primary N) is 1. The SMILES string of the molecule is CC(=O)NC(C)(CN)C12CC3CC(CC(C3)C1)C2. The smallest absolute Gasteiger partial charge is 0.217 e. The van der Waals surface area contributed by atoms with Crippen LogP contribution in [0.4, 0.5) is 0 Å². The van der Waals surface area contributed by atoms with E-state index in [0.717, 1.165) is 17.8 Å². The van der Waals surface area contributed by atoms with Gasteiger partial charge in [-0.3, -0.25) is 4.79 Å². The molecule has 18 heavy (non-hydrogen) atoms. The third-order valence-corrected chi connectivity index (χ3v) is 6.07. The summed E-state index contributed by atoms with van der Waals surface area (Å²) in [5.74, 6) is 2.77. The van der Waals surface area contributed by atoms with E-state index in [1.54, 1.807) is 6.92 Å². The molecule has 4 fully saturated rings. The molecule has 4 aliphatic carbocycles. The molecule has 4 rings (SSSR count). The van der Waals surface area contributed by atoms with Crippen LogP contribution in [-0.2, 0) is 4.79 Å². The second kappa shape index (κ2) is 3.96. The van der Waals surface area contributed by atoms with Gasteiger partial charge in [-0.15, -0.1) is 0 Å². The van der Waals surface area contributed by atoms with Crippen LogP contribution in [0.1, 0.15) is 52.4 Å². The maximum absolute atomic E-state index is 11.5. The van der Waals surface area contributed by atoms with E-state index in [1.165, 1.54) is 38.5 Å². The summed E-state index contributed by atoms with van der Waals surface area (Å²) in [5.41, 5.74) is 6.14. The van der Waals surface area contributed by atoms with E-state index in [9.17, 15) is 4.79 Å². The normalized spacial score (nSPS) is 44.7. The van der Waals surface area contributed by atoms with Gasteiger partial charge >= 0.3 is 0 Å². The summed E-state index contributed by atoms with van der Waals surface area (Å²) in [6, 6.07) is 0. The summed E-state index contributed by atoms with van der Waals surface area (Å²) < 4.78 is 0. The maximum Gasteiger partial charge on any atom is 0.217 e. The van der Waals surface area contributed by atoms with E-state index >= 15 is 0 Å². The molecule has 0 spiro atoms. The molecule has 1 amide bonds. The fourth-order valence-corrected chi connectivity index (χ4v) is 5.58. The first-order chi connectivity index (χ1) is 8.46. The Bertz CT molecular complexity index is 330. The minimum Gasteiger partial charge on any atom is -0.349 e. The molecule has 0 aromatic rings. The topological polar surface area (TPSA) is 55.1 Å². The first kappa shape index (κ1) is 12.5. The Morgan fingerprint density at radius 3 is 2.00 bits per heavy atom. The lowest BCUT2D eigenvalue weighted by atomic mass is 9.45. The van der Waals surface area contributed by atoms with Crippen LogP contribution < -0.4 is 11.1 Å². The molecule has 1 atom stereocenters. The second-order valence-electron chi connectivity index (χ2n) is 7.42. The van der Waals surface area contributed by atoms with Crippen molar-refractivity contribution in [2.45, 2.75) is 57.9 Å². The Hall–Kier alpha value is -0.570. The number of nitrogens with one attached hydrogen (secondary N) is 1. The summed E-state index contributed by atoms with van der Waals surface area (Å²) in [7, 11) is 0. The van der Waals surface area contributed by atoms with Gasteiger partial charge in [0.25, 0.3) is 0 Å². The van der Waals surface area contributed by atoms with Gasteiger partial charge in [0, 0.05) is 13.5 Å². The first-order valence-electron chi connectivity index (χ1n) is 7.45. The van der Waals surface area contributed by atoms with Crippen LogP contribution in [0.15, 0.2) is 0 Å². The molecular weight excluding hydrogens is 224 g/mol. The summed E-state index contributed by atoms with van der Waals surface area (Å²) in [5, 5.41) is 3.20. The summed E-state index contributed by atoms with van der Waals surface area (Å²) in [4.78, 5) is 11.5. The molecule has 0 aromatic heterocycles. The van der Waals surface area contributed by atoms with Gasteiger partial charge in [0.05, 0.1) is 5.54 Å². The zero-order valence-corrected chi connectivity index (χ0v) is 11.7. The van der Waals surface area contributed by atoms with Crippen LogP contribution in [0.3, 0.4) is 0 Å². The summed E-state index contributed by atoms with van der Waals surface area (Å²) in [6.45, 7) is 4.37. The Labute approximate surface area is 110 Å². The number of carbonyl (C=O) groups is 1. The molecule has 4 aliphatic rings. The molecule has 0 aliphatic heterocycles. The average Bonchev–Trinajstić information content (AvgIpc) is 2.25. The molecule has 4 saturated carbocycles. The third-order valence-electron chi connectivity index (χ3n) is 6.07. The highest BCUT2D eigenvalue weighted by atomic mass is 16.1. The molecule has 0 saturated heterocycles. The molecule has 4 bridgehead atoms. The largest absolute Gasteiger partial charge is 0.349 e. The molecule has 3 N–H and O–H groups in total. The van der Waals surface area contributed by atoms with E-state index in [0.29, 0.717) is 6.54 Å². The number of hydrogen-bond acceptors (Lipinski definition) is 2. The van der Waals surface area contributed by atoms with E-state index in [2.05, 4.69) is 12.2 Å². The maximum atomic E-state index is 11.5. The van der Waals surface area contributed by atoms with E-state index < -0.39 is 0 Å². The molecule has 3 heteroatoms. The fraction of sp³-hybridized carbons (Fsp3) is 0.933. The zero-order chi connectivity index (χ0) is 13.0. The van der Waals surface area contributed by atoms with Crippen molar-refractivity contribution in [2.24, 2.45) is 28.9 Å². The van der Waals surface area contributed by atoms with Gasteiger partial charge in [-0.25, -0.2) is 0 Å². The van der Waals surface area contributed by atoms with Crippen LogP contribution in [0, 0.1) is 23.2 Å². The van der Waals surface area contributed by atoms with Crippen molar-refractivity contribution in [2.75, 3.05) is 6.54 Å². The Kier molecular flexibility index (Phi) is 2.74. The van der Waals surface area contributed by atoms with Crippen molar-refractivity contribution in [1.29, 1.82) is 0 Å². The third kappa shape index (κ3) is 1.70. The van der Waals surface area contributed by atoms with Crippen LogP contribution in [0.5, 0.6) is 0 Å². The number of hydrogen-bond donors (Lipinski definition) is 2. The number of amides is 1. The zero-order valence-electron chi connectivity index (χ0n) is 11.7. The number of rotatable bonds is 3. The van der Waals surface area contributed by atoms with Crippen molar-refractivity contribution in [3.05, 3.63) is 0 Å². The molecule has 0 aromatic carbocycles. The van der Waals surface area contributed by atoms with Gasteiger partial charge in [0.2, 0.25) is 5.91 Å². The molecule has 3 nitrogen and oxygen atoms in total. The van der Waals surface area contributed by atoms with Gasteiger partial charge in [-0.1, -0.05) is 0 Å². The Morgan fingerprint density at radius 2 is 1.67 bits per heavy atom. The lowest BCUT2D eigenvalue weighted by Crippen LogP contribution is -2.66. The van der Waals surface area contributed by atoms with Gasteiger partial charge in [0.15, 0.2) is 0 Å². The summed E-state index contributed by atoms with van der Waals surface area (Å²) in [6.07, 6.45) is 8.15. The van der Waals surface area contributed by atoms with Crippen LogP contribution in [0.2, 0.25) is 0 Å². The molecular formula is C15H26N2O. The highest BCUT2D eigenvalue weighted by Crippen LogP contribution is 2.63. The first-order valence-corrected chi connectivity index (χ1v) is 7.45. The van der Waals surface area contributed by atoms with Gasteiger partial charge in [-0.2, -0.15) is 0 Å². The molecule has 0 radical (unpaired) electrons. The predicted octanol–water partition coefficient (Wildman–Crippen LogP) is 2.06. The van der Waals surface area contributed by atoms with Crippen molar-refractivity contribution in [3.63, 3.8) is 0 Å². The minimum absolute atomic E-state index is 0.0682. The Morgan fingerprint density at radius 1 is 1.22 bits per heavy atom.